The number of rotatable bonds is 1. The third-order valence-electron chi connectivity index (χ3n) is 5.65. The molecular weight excluding hydrogens is 302 g/mol. The molecule has 5 nitrogen and oxygen atoms in total. The number of ether oxygens (including phenoxy) is 1. The van der Waals surface area contributed by atoms with Crippen LogP contribution >= 0.6 is 0 Å². The van der Waals surface area contributed by atoms with Crippen LogP contribution in [-0.2, 0) is 4.74 Å². The van der Waals surface area contributed by atoms with E-state index >= 15 is 0 Å². The van der Waals surface area contributed by atoms with Gasteiger partial charge in [-0.2, -0.15) is 0 Å². The van der Waals surface area contributed by atoms with Crippen molar-refractivity contribution in [2.45, 2.75) is 59.6 Å². The van der Waals surface area contributed by atoms with Crippen LogP contribution in [0.5, 0.6) is 0 Å². The lowest BCUT2D eigenvalue weighted by Crippen LogP contribution is -2.38. The summed E-state index contributed by atoms with van der Waals surface area (Å²) in [4.78, 5) is 13.4. The quantitative estimate of drug-likeness (QED) is 0.771. The van der Waals surface area contributed by atoms with Crippen molar-refractivity contribution in [2.75, 3.05) is 26.2 Å². The number of hydrogen-bond acceptors (Lipinski definition) is 4. The minimum atomic E-state index is -0.397. The van der Waals surface area contributed by atoms with E-state index in [1.54, 1.807) is 4.90 Å². The van der Waals surface area contributed by atoms with Gasteiger partial charge in [-0.15, -0.1) is 0 Å². The fraction of sp³-hybridized carbons (Fsp3) is 0.947. The number of nitrogens with zero attached hydrogens (tertiary/aromatic N) is 1. The minimum absolute atomic E-state index is 0.197. The molecule has 3 N–H and O–H groups in total. The van der Waals surface area contributed by atoms with Gasteiger partial charge in [0, 0.05) is 19.1 Å². The maximum absolute atomic E-state index is 11.6. The fourth-order valence-corrected chi connectivity index (χ4v) is 4.20. The molecule has 2 heterocycles. The normalized spacial score (nSPS) is 38.0. The van der Waals surface area contributed by atoms with E-state index in [-0.39, 0.29) is 6.09 Å². The molecular formula is C19H37N3O2. The van der Waals surface area contributed by atoms with E-state index in [2.05, 4.69) is 12.2 Å². The predicted octanol–water partition coefficient (Wildman–Crippen LogP) is 2.70. The fourth-order valence-electron chi connectivity index (χ4n) is 4.20. The Kier molecular flexibility index (Phi) is 6.19. The molecule has 4 atom stereocenters. The summed E-state index contributed by atoms with van der Waals surface area (Å²) in [6.45, 7) is 16.1. The van der Waals surface area contributed by atoms with Gasteiger partial charge in [-0.3, -0.25) is 0 Å². The van der Waals surface area contributed by atoms with E-state index in [0.717, 1.165) is 30.8 Å². The molecule has 4 rings (SSSR count). The summed E-state index contributed by atoms with van der Waals surface area (Å²) >= 11 is 0. The average molecular weight is 340 g/mol. The van der Waals surface area contributed by atoms with Gasteiger partial charge in [0.1, 0.15) is 5.60 Å². The Morgan fingerprint density at radius 2 is 1.62 bits per heavy atom. The number of piperidine rings is 2. The summed E-state index contributed by atoms with van der Waals surface area (Å²) in [7, 11) is 0. The van der Waals surface area contributed by atoms with Gasteiger partial charge < -0.3 is 20.7 Å². The van der Waals surface area contributed by atoms with Crippen molar-refractivity contribution in [1.29, 1.82) is 0 Å². The topological polar surface area (TPSA) is 67.6 Å². The molecule has 2 saturated heterocycles. The molecule has 4 aliphatic rings. The zero-order chi connectivity index (χ0) is 18.1. The van der Waals surface area contributed by atoms with Crippen LogP contribution in [0.2, 0.25) is 0 Å². The molecule has 2 aliphatic heterocycles. The zero-order valence-corrected chi connectivity index (χ0v) is 16.3. The van der Waals surface area contributed by atoms with E-state index in [9.17, 15) is 4.79 Å². The van der Waals surface area contributed by atoms with Gasteiger partial charge in [-0.25, -0.2) is 4.79 Å². The highest BCUT2D eigenvalue weighted by Gasteiger charge is 2.55. The molecule has 0 bridgehead atoms. The molecule has 4 fully saturated rings. The van der Waals surface area contributed by atoms with Crippen molar-refractivity contribution < 1.29 is 9.53 Å². The number of fused-ring (bicyclic) bond motifs is 2. The highest BCUT2D eigenvalue weighted by atomic mass is 16.6. The Morgan fingerprint density at radius 3 is 2.00 bits per heavy atom. The van der Waals surface area contributed by atoms with Crippen LogP contribution in [0.3, 0.4) is 0 Å². The molecule has 24 heavy (non-hydrogen) atoms. The van der Waals surface area contributed by atoms with Gasteiger partial charge >= 0.3 is 6.09 Å². The molecule has 0 aromatic heterocycles. The summed E-state index contributed by atoms with van der Waals surface area (Å²) in [5.74, 6) is 4.33. The second-order valence-electron chi connectivity index (χ2n) is 8.35. The Morgan fingerprint density at radius 1 is 1.12 bits per heavy atom. The lowest BCUT2D eigenvalue weighted by Gasteiger charge is -2.25. The number of nitrogens with one attached hydrogen (secondary N) is 1. The van der Waals surface area contributed by atoms with Crippen LogP contribution in [0.15, 0.2) is 0 Å². The number of amides is 1. The molecule has 0 radical (unpaired) electrons. The van der Waals surface area contributed by atoms with Crippen molar-refractivity contribution >= 4 is 6.09 Å². The highest BCUT2D eigenvalue weighted by molar-refractivity contribution is 5.69. The largest absolute Gasteiger partial charge is 0.444 e. The molecule has 0 spiro atoms. The van der Waals surface area contributed by atoms with Crippen molar-refractivity contribution in [3.05, 3.63) is 0 Å². The van der Waals surface area contributed by atoms with E-state index < -0.39 is 5.60 Å². The first-order chi connectivity index (χ1) is 11.3. The minimum Gasteiger partial charge on any atom is -0.444 e. The van der Waals surface area contributed by atoms with Gasteiger partial charge in [0.15, 0.2) is 0 Å². The summed E-state index contributed by atoms with van der Waals surface area (Å²) in [5.41, 5.74) is 5.39. The first-order valence-corrected chi connectivity index (χ1v) is 9.76. The van der Waals surface area contributed by atoms with Crippen LogP contribution in [0.25, 0.3) is 0 Å². The highest BCUT2D eigenvalue weighted by Crippen LogP contribution is 2.50. The molecule has 5 heteroatoms. The molecule has 140 valence electrons. The van der Waals surface area contributed by atoms with Gasteiger partial charge in [0.05, 0.1) is 0 Å². The number of hydrogen-bond donors (Lipinski definition) is 2. The molecule has 0 aromatic carbocycles. The molecule has 2 aliphatic carbocycles. The van der Waals surface area contributed by atoms with Crippen molar-refractivity contribution in [3.8, 4) is 0 Å². The molecule has 0 aromatic rings. The summed E-state index contributed by atoms with van der Waals surface area (Å²) < 4.78 is 5.27. The van der Waals surface area contributed by atoms with Crippen molar-refractivity contribution in [3.63, 3.8) is 0 Å². The number of carbonyl (C=O) groups excluding carboxylic acids is 1. The molecule has 4 unspecified atom stereocenters. The zero-order valence-electron chi connectivity index (χ0n) is 16.3. The van der Waals surface area contributed by atoms with Crippen LogP contribution in [0.1, 0.15) is 48.0 Å². The van der Waals surface area contributed by atoms with Crippen LogP contribution in [0, 0.1) is 29.6 Å². The molecule has 2 saturated carbocycles. The first-order valence-electron chi connectivity index (χ1n) is 9.76. The second kappa shape index (κ2) is 7.61. The maximum Gasteiger partial charge on any atom is 0.410 e. The maximum atomic E-state index is 11.6. The number of likely N-dealkylation sites (tertiary alicyclic amines) is 1. The predicted molar refractivity (Wildman–Crippen MR) is 97.7 cm³/mol. The third-order valence-corrected chi connectivity index (χ3v) is 5.65. The number of nitrogens with two attached hydrogens (primary N) is 1. The van der Waals surface area contributed by atoms with Gasteiger partial charge in [0.25, 0.3) is 0 Å². The van der Waals surface area contributed by atoms with Gasteiger partial charge in [-0.05, 0) is 63.5 Å². The molecule has 1 amide bonds. The monoisotopic (exact) mass is 339 g/mol. The van der Waals surface area contributed by atoms with Gasteiger partial charge in [-0.1, -0.05) is 27.2 Å². The number of carbonyl (C=O) groups is 1. The van der Waals surface area contributed by atoms with E-state index in [1.807, 2.05) is 34.6 Å². The lowest BCUT2D eigenvalue weighted by molar-refractivity contribution is 0.0271. The summed E-state index contributed by atoms with van der Waals surface area (Å²) in [6.07, 6.45) is 1.22. The summed E-state index contributed by atoms with van der Waals surface area (Å²) in [6, 6.07) is 0.327. The van der Waals surface area contributed by atoms with E-state index in [1.165, 1.54) is 19.5 Å². The Balaban J connectivity index is 0.000000176. The smallest absolute Gasteiger partial charge is 0.410 e. The SMILES string of the molecule is CC.CC(C)(C)OC(=O)N1CC2C(N)C2C1.CCC1C2CNCC12. The Bertz CT molecular complexity index is 406. The van der Waals surface area contributed by atoms with Crippen LogP contribution < -0.4 is 11.1 Å². The third kappa shape index (κ3) is 4.42. The van der Waals surface area contributed by atoms with Crippen molar-refractivity contribution in [1.82, 2.24) is 10.2 Å². The lowest BCUT2D eigenvalue weighted by atomic mass is 10.2. The standard InChI is InChI=1S/C10H18N2O2.C7H13N.C2H6/c1-10(2,3)14-9(13)12-4-6-7(5-12)8(6)11;1-2-5-6-3-8-4-7(5)6;1-2/h6-8H,4-5,11H2,1-3H3;5-8H,2-4H2,1H3;1-2H3. The Hall–Kier alpha value is -0.810. The van der Waals surface area contributed by atoms with E-state index in [0.29, 0.717) is 17.9 Å². The van der Waals surface area contributed by atoms with Crippen molar-refractivity contribution in [2.24, 2.45) is 35.3 Å². The van der Waals surface area contributed by atoms with E-state index in [4.69, 9.17) is 10.5 Å². The van der Waals surface area contributed by atoms with Gasteiger partial charge in [0.2, 0.25) is 0 Å². The average Bonchev–Trinajstić information content (AvgIpc) is 3.15. The van der Waals surface area contributed by atoms with Crippen LogP contribution in [0.4, 0.5) is 4.79 Å². The Labute approximate surface area is 147 Å². The second-order valence-corrected chi connectivity index (χ2v) is 8.35. The summed E-state index contributed by atoms with van der Waals surface area (Å²) in [5, 5.41) is 3.39. The first kappa shape index (κ1) is 19.5. The van der Waals surface area contributed by atoms with Crippen LogP contribution in [-0.4, -0.2) is 48.8 Å².